The highest BCUT2D eigenvalue weighted by molar-refractivity contribution is 7.92. The summed E-state index contributed by atoms with van der Waals surface area (Å²) in [7, 11) is -3.64. The van der Waals surface area contributed by atoms with Crippen molar-refractivity contribution in [2.24, 2.45) is 0 Å². The number of sulfonamides is 1. The summed E-state index contributed by atoms with van der Waals surface area (Å²) in [4.78, 5) is 0.271. The number of anilines is 3. The number of benzene rings is 3. The zero-order valence-electron chi connectivity index (χ0n) is 15.0. The van der Waals surface area contributed by atoms with E-state index in [0.29, 0.717) is 16.8 Å². The van der Waals surface area contributed by atoms with E-state index in [1.807, 2.05) is 25.1 Å². The Morgan fingerprint density at radius 3 is 1.93 bits per heavy atom. The van der Waals surface area contributed by atoms with Crippen molar-refractivity contribution in [2.75, 3.05) is 10.0 Å². The van der Waals surface area contributed by atoms with Gasteiger partial charge >= 0.3 is 0 Å². The van der Waals surface area contributed by atoms with Gasteiger partial charge in [-0.2, -0.15) is 5.26 Å². The van der Waals surface area contributed by atoms with E-state index in [4.69, 9.17) is 5.26 Å². The summed E-state index contributed by atoms with van der Waals surface area (Å²) in [6, 6.07) is 21.4. The Hall–Kier alpha value is -3.30. The van der Waals surface area contributed by atoms with Gasteiger partial charge in [-0.1, -0.05) is 17.7 Å². The molecule has 0 aromatic heterocycles. The molecule has 0 amide bonds. The van der Waals surface area contributed by atoms with E-state index >= 15 is 0 Å². The lowest BCUT2D eigenvalue weighted by molar-refractivity contribution is 0.600. The highest BCUT2D eigenvalue weighted by Crippen LogP contribution is 2.23. The lowest BCUT2D eigenvalue weighted by atomic mass is 10.2. The van der Waals surface area contributed by atoms with Gasteiger partial charge in [-0.15, -0.1) is 0 Å². The van der Waals surface area contributed by atoms with Gasteiger partial charge < -0.3 is 5.32 Å². The van der Waals surface area contributed by atoms with E-state index in [9.17, 15) is 8.42 Å². The Bertz CT molecular complexity index is 1100. The summed E-state index contributed by atoms with van der Waals surface area (Å²) in [5.41, 5.74) is 4.47. The molecule has 0 saturated carbocycles. The molecule has 0 aliphatic carbocycles. The zero-order valence-corrected chi connectivity index (χ0v) is 15.8. The summed E-state index contributed by atoms with van der Waals surface area (Å²) in [6.07, 6.45) is 0. The van der Waals surface area contributed by atoms with Crippen molar-refractivity contribution in [1.29, 1.82) is 5.26 Å². The predicted molar refractivity (Wildman–Crippen MR) is 108 cm³/mol. The van der Waals surface area contributed by atoms with Gasteiger partial charge in [0, 0.05) is 17.1 Å². The van der Waals surface area contributed by atoms with Crippen molar-refractivity contribution in [2.45, 2.75) is 18.7 Å². The molecule has 0 heterocycles. The van der Waals surface area contributed by atoms with Crippen LogP contribution in [0.15, 0.2) is 71.6 Å². The van der Waals surface area contributed by atoms with Gasteiger partial charge in [0.1, 0.15) is 0 Å². The molecule has 0 radical (unpaired) electrons. The van der Waals surface area contributed by atoms with E-state index in [1.54, 1.807) is 55.5 Å². The van der Waals surface area contributed by atoms with Crippen LogP contribution < -0.4 is 10.0 Å². The minimum Gasteiger partial charge on any atom is -0.356 e. The normalized spacial score (nSPS) is 10.9. The summed E-state index contributed by atoms with van der Waals surface area (Å²) in [6.45, 7) is 3.71. The maximum Gasteiger partial charge on any atom is 0.262 e. The highest BCUT2D eigenvalue weighted by atomic mass is 32.2. The Morgan fingerprint density at radius 1 is 0.815 bits per heavy atom. The third-order valence-electron chi connectivity index (χ3n) is 4.06. The van der Waals surface area contributed by atoms with Crippen LogP contribution >= 0.6 is 0 Å². The average molecular weight is 377 g/mol. The Balaban J connectivity index is 1.74. The second kappa shape index (κ2) is 7.52. The van der Waals surface area contributed by atoms with Crippen molar-refractivity contribution in [3.8, 4) is 6.07 Å². The van der Waals surface area contributed by atoms with Gasteiger partial charge in [-0.25, -0.2) is 8.42 Å². The first-order chi connectivity index (χ1) is 12.9. The lowest BCUT2D eigenvalue weighted by Crippen LogP contribution is -2.14. The molecule has 3 rings (SSSR count). The molecule has 136 valence electrons. The van der Waals surface area contributed by atoms with E-state index in [2.05, 4.69) is 16.1 Å². The van der Waals surface area contributed by atoms with Crippen LogP contribution in [0.2, 0.25) is 0 Å². The third kappa shape index (κ3) is 4.46. The molecule has 0 fully saturated rings. The lowest BCUT2D eigenvalue weighted by Gasteiger charge is -2.12. The number of rotatable bonds is 5. The molecule has 0 aliphatic heterocycles. The third-order valence-corrected chi connectivity index (χ3v) is 5.60. The van der Waals surface area contributed by atoms with Crippen LogP contribution in [0.1, 0.15) is 16.7 Å². The van der Waals surface area contributed by atoms with E-state index in [1.165, 1.54) is 0 Å². The molecular weight excluding hydrogens is 358 g/mol. The highest BCUT2D eigenvalue weighted by Gasteiger charge is 2.16. The Labute approximate surface area is 159 Å². The molecule has 27 heavy (non-hydrogen) atoms. The van der Waals surface area contributed by atoms with Crippen molar-refractivity contribution in [3.63, 3.8) is 0 Å². The molecule has 0 atom stereocenters. The smallest absolute Gasteiger partial charge is 0.262 e. The van der Waals surface area contributed by atoms with Crippen molar-refractivity contribution in [3.05, 3.63) is 83.4 Å². The minimum atomic E-state index is -3.64. The maximum atomic E-state index is 12.6. The van der Waals surface area contributed by atoms with Crippen LogP contribution in [-0.4, -0.2) is 8.42 Å². The molecule has 2 N–H and O–H groups in total. The minimum absolute atomic E-state index is 0.271. The number of aryl methyl sites for hydroxylation is 2. The zero-order chi connectivity index (χ0) is 19.4. The molecule has 0 bridgehead atoms. The van der Waals surface area contributed by atoms with Gasteiger partial charge in [-0.05, 0) is 74.0 Å². The van der Waals surface area contributed by atoms with E-state index < -0.39 is 10.0 Å². The largest absolute Gasteiger partial charge is 0.356 e. The summed E-state index contributed by atoms with van der Waals surface area (Å²) >= 11 is 0. The second-order valence-electron chi connectivity index (χ2n) is 6.27. The molecule has 0 aliphatic rings. The molecule has 0 unspecified atom stereocenters. The van der Waals surface area contributed by atoms with Crippen molar-refractivity contribution in [1.82, 2.24) is 0 Å². The standard InChI is InChI=1S/C21H19N3O2S/c1-15-3-12-21(16(2)13-15)27(25,26)24-20-10-8-19(9-11-20)23-18-6-4-17(14-22)5-7-18/h3-13,23-24H,1-2H3. The van der Waals surface area contributed by atoms with Crippen LogP contribution in [0.4, 0.5) is 17.1 Å². The molecule has 0 spiro atoms. The second-order valence-corrected chi connectivity index (χ2v) is 7.92. The van der Waals surface area contributed by atoms with Gasteiger partial charge in [-0.3, -0.25) is 4.72 Å². The summed E-state index contributed by atoms with van der Waals surface area (Å²) in [5, 5.41) is 12.0. The van der Waals surface area contributed by atoms with Gasteiger partial charge in [0.05, 0.1) is 16.5 Å². The number of nitriles is 1. The fourth-order valence-corrected chi connectivity index (χ4v) is 4.01. The number of nitrogens with one attached hydrogen (secondary N) is 2. The van der Waals surface area contributed by atoms with Crippen molar-refractivity contribution >= 4 is 27.1 Å². The first-order valence-electron chi connectivity index (χ1n) is 8.35. The first-order valence-corrected chi connectivity index (χ1v) is 9.83. The molecule has 6 heteroatoms. The summed E-state index contributed by atoms with van der Waals surface area (Å²) in [5.74, 6) is 0. The molecule has 3 aromatic rings. The topological polar surface area (TPSA) is 82.0 Å². The average Bonchev–Trinajstić information content (AvgIpc) is 2.63. The Kier molecular flexibility index (Phi) is 5.15. The molecule has 3 aromatic carbocycles. The van der Waals surface area contributed by atoms with Gasteiger partial charge in [0.25, 0.3) is 10.0 Å². The van der Waals surface area contributed by atoms with Gasteiger partial charge in [0.15, 0.2) is 0 Å². The van der Waals surface area contributed by atoms with Gasteiger partial charge in [0.2, 0.25) is 0 Å². The number of hydrogen-bond acceptors (Lipinski definition) is 4. The van der Waals surface area contributed by atoms with Crippen LogP contribution in [-0.2, 0) is 10.0 Å². The fraction of sp³-hybridized carbons (Fsp3) is 0.0952. The molecule has 5 nitrogen and oxygen atoms in total. The van der Waals surface area contributed by atoms with Crippen LogP contribution in [0, 0.1) is 25.2 Å². The van der Waals surface area contributed by atoms with Crippen molar-refractivity contribution < 1.29 is 8.42 Å². The van der Waals surface area contributed by atoms with Crippen LogP contribution in [0.25, 0.3) is 0 Å². The Morgan fingerprint density at radius 2 is 1.37 bits per heavy atom. The molecular formula is C21H19N3O2S. The van der Waals surface area contributed by atoms with Crippen LogP contribution in [0.3, 0.4) is 0 Å². The molecule has 0 saturated heterocycles. The predicted octanol–water partition coefficient (Wildman–Crippen LogP) is 4.72. The number of hydrogen-bond donors (Lipinski definition) is 2. The SMILES string of the molecule is Cc1ccc(S(=O)(=O)Nc2ccc(Nc3ccc(C#N)cc3)cc2)c(C)c1. The fourth-order valence-electron chi connectivity index (χ4n) is 2.73. The summed E-state index contributed by atoms with van der Waals surface area (Å²) < 4.78 is 27.8. The number of nitrogens with zero attached hydrogens (tertiary/aromatic N) is 1. The monoisotopic (exact) mass is 377 g/mol. The van der Waals surface area contributed by atoms with E-state index in [-0.39, 0.29) is 4.90 Å². The van der Waals surface area contributed by atoms with Crippen LogP contribution in [0.5, 0.6) is 0 Å². The quantitative estimate of drug-likeness (QED) is 0.674. The van der Waals surface area contributed by atoms with E-state index in [0.717, 1.165) is 16.9 Å². The maximum absolute atomic E-state index is 12.6. The first kappa shape index (κ1) is 18.5.